The zero-order chi connectivity index (χ0) is 11.1. The predicted octanol–water partition coefficient (Wildman–Crippen LogP) is 1.60. The van der Waals surface area contributed by atoms with Crippen molar-refractivity contribution < 1.29 is 0 Å². The minimum atomic E-state index is 0.628. The van der Waals surface area contributed by atoms with Crippen molar-refractivity contribution >= 4 is 0 Å². The highest BCUT2D eigenvalue weighted by Gasteiger charge is 2.35. The monoisotopic (exact) mass is 220 g/mol. The molecule has 0 saturated carbocycles. The lowest BCUT2D eigenvalue weighted by molar-refractivity contribution is 0.290. The molecule has 2 fully saturated rings. The molecule has 2 aliphatic heterocycles. The standard InChI is InChI=1S/C12H20N4/c1-3-12-15-14-8(2)16(12)11-6-9-4-5-10(7-11)13-9/h9-11,13H,3-7H2,1-2H3. The van der Waals surface area contributed by atoms with Gasteiger partial charge in [-0.1, -0.05) is 6.92 Å². The second-order valence-corrected chi connectivity index (χ2v) is 5.15. The Kier molecular flexibility index (Phi) is 2.46. The van der Waals surface area contributed by atoms with Crippen LogP contribution in [0.2, 0.25) is 0 Å². The highest BCUT2D eigenvalue weighted by molar-refractivity contribution is 5.02. The minimum absolute atomic E-state index is 0.628. The van der Waals surface area contributed by atoms with Gasteiger partial charge in [-0.3, -0.25) is 0 Å². The molecule has 2 aliphatic rings. The maximum atomic E-state index is 4.27. The van der Waals surface area contributed by atoms with Crippen LogP contribution in [0.1, 0.15) is 50.3 Å². The number of fused-ring (bicyclic) bond motifs is 2. The quantitative estimate of drug-likeness (QED) is 0.823. The molecule has 3 rings (SSSR count). The number of rotatable bonds is 2. The van der Waals surface area contributed by atoms with Gasteiger partial charge in [0.2, 0.25) is 0 Å². The molecule has 2 atom stereocenters. The van der Waals surface area contributed by atoms with E-state index in [4.69, 9.17) is 0 Å². The van der Waals surface area contributed by atoms with E-state index >= 15 is 0 Å². The summed E-state index contributed by atoms with van der Waals surface area (Å²) in [7, 11) is 0. The average Bonchev–Trinajstić information content (AvgIpc) is 2.82. The summed E-state index contributed by atoms with van der Waals surface area (Å²) >= 11 is 0. The van der Waals surface area contributed by atoms with Crippen LogP contribution in [0.25, 0.3) is 0 Å². The molecule has 0 aliphatic carbocycles. The van der Waals surface area contributed by atoms with E-state index in [0.29, 0.717) is 6.04 Å². The van der Waals surface area contributed by atoms with Gasteiger partial charge in [-0.15, -0.1) is 10.2 Å². The van der Waals surface area contributed by atoms with E-state index in [1.807, 2.05) is 0 Å². The summed E-state index contributed by atoms with van der Waals surface area (Å²) < 4.78 is 2.38. The molecule has 1 aromatic heterocycles. The molecule has 3 heterocycles. The number of nitrogens with one attached hydrogen (secondary N) is 1. The van der Waals surface area contributed by atoms with Crippen LogP contribution < -0.4 is 5.32 Å². The second kappa shape index (κ2) is 3.84. The third-order valence-corrected chi connectivity index (χ3v) is 4.07. The van der Waals surface area contributed by atoms with Gasteiger partial charge in [0.15, 0.2) is 0 Å². The van der Waals surface area contributed by atoms with Crippen molar-refractivity contribution in [1.82, 2.24) is 20.1 Å². The Balaban J connectivity index is 1.88. The molecule has 0 amide bonds. The smallest absolute Gasteiger partial charge is 0.132 e. The molecule has 2 unspecified atom stereocenters. The Bertz CT molecular complexity index is 372. The summed E-state index contributed by atoms with van der Waals surface area (Å²) in [5.74, 6) is 2.24. The topological polar surface area (TPSA) is 42.7 Å². The number of nitrogens with zero attached hydrogens (tertiary/aromatic N) is 3. The van der Waals surface area contributed by atoms with Crippen LogP contribution in [0.4, 0.5) is 0 Å². The second-order valence-electron chi connectivity index (χ2n) is 5.15. The van der Waals surface area contributed by atoms with Crippen molar-refractivity contribution in [2.75, 3.05) is 0 Å². The Labute approximate surface area is 96.4 Å². The molecule has 1 N–H and O–H groups in total. The molecule has 88 valence electrons. The van der Waals surface area contributed by atoms with Crippen molar-refractivity contribution in [3.05, 3.63) is 11.6 Å². The maximum absolute atomic E-state index is 4.27. The van der Waals surface area contributed by atoms with Gasteiger partial charge in [0.05, 0.1) is 0 Å². The van der Waals surface area contributed by atoms with Crippen LogP contribution in [0.15, 0.2) is 0 Å². The predicted molar refractivity (Wildman–Crippen MR) is 62.4 cm³/mol. The third-order valence-electron chi connectivity index (χ3n) is 4.07. The summed E-state index contributed by atoms with van der Waals surface area (Å²) in [6.07, 6.45) is 6.19. The van der Waals surface area contributed by atoms with E-state index in [-0.39, 0.29) is 0 Å². The fraction of sp³-hybridized carbons (Fsp3) is 0.833. The molecule has 1 aromatic rings. The van der Waals surface area contributed by atoms with E-state index in [0.717, 1.165) is 30.2 Å². The fourth-order valence-corrected chi connectivity index (χ4v) is 3.37. The Morgan fingerprint density at radius 1 is 1.25 bits per heavy atom. The number of aryl methyl sites for hydroxylation is 2. The number of hydrogen-bond donors (Lipinski definition) is 1. The summed E-state index contributed by atoms with van der Waals surface area (Å²) in [5.41, 5.74) is 0. The normalized spacial score (nSPS) is 33.2. The van der Waals surface area contributed by atoms with Crippen molar-refractivity contribution in [1.29, 1.82) is 0 Å². The van der Waals surface area contributed by atoms with Gasteiger partial charge >= 0.3 is 0 Å². The van der Waals surface area contributed by atoms with Crippen LogP contribution in [0, 0.1) is 6.92 Å². The third kappa shape index (κ3) is 1.56. The van der Waals surface area contributed by atoms with Crippen LogP contribution >= 0.6 is 0 Å². The average molecular weight is 220 g/mol. The van der Waals surface area contributed by atoms with Crippen LogP contribution in [-0.2, 0) is 6.42 Å². The maximum Gasteiger partial charge on any atom is 0.132 e. The largest absolute Gasteiger partial charge is 0.312 e. The molecule has 0 spiro atoms. The van der Waals surface area contributed by atoms with Crippen molar-refractivity contribution in [3.8, 4) is 0 Å². The lowest BCUT2D eigenvalue weighted by Gasteiger charge is -2.31. The Morgan fingerprint density at radius 2 is 1.94 bits per heavy atom. The first-order valence-corrected chi connectivity index (χ1v) is 6.44. The van der Waals surface area contributed by atoms with Crippen LogP contribution in [-0.4, -0.2) is 26.8 Å². The lowest BCUT2D eigenvalue weighted by atomic mass is 9.99. The molecule has 0 aromatic carbocycles. The van der Waals surface area contributed by atoms with Gasteiger partial charge in [0.1, 0.15) is 11.6 Å². The number of aromatic nitrogens is 3. The molecular weight excluding hydrogens is 200 g/mol. The lowest BCUT2D eigenvalue weighted by Crippen LogP contribution is -2.39. The first-order chi connectivity index (χ1) is 7.78. The zero-order valence-corrected chi connectivity index (χ0v) is 10.1. The Hall–Kier alpha value is -0.900. The summed E-state index contributed by atoms with van der Waals surface area (Å²) in [6, 6.07) is 2.09. The van der Waals surface area contributed by atoms with Gasteiger partial charge in [-0.25, -0.2) is 0 Å². The first-order valence-electron chi connectivity index (χ1n) is 6.44. The molecule has 16 heavy (non-hydrogen) atoms. The van der Waals surface area contributed by atoms with Crippen molar-refractivity contribution in [2.24, 2.45) is 0 Å². The summed E-state index contributed by atoms with van der Waals surface area (Å²) in [4.78, 5) is 0. The molecule has 2 bridgehead atoms. The minimum Gasteiger partial charge on any atom is -0.312 e. The van der Waals surface area contributed by atoms with E-state index in [1.165, 1.54) is 25.7 Å². The van der Waals surface area contributed by atoms with Gasteiger partial charge in [-0.05, 0) is 32.6 Å². The van der Waals surface area contributed by atoms with Gasteiger partial charge in [0.25, 0.3) is 0 Å². The highest BCUT2D eigenvalue weighted by atomic mass is 15.3. The molecule has 0 radical (unpaired) electrons. The van der Waals surface area contributed by atoms with Crippen LogP contribution in [0.3, 0.4) is 0 Å². The fourth-order valence-electron chi connectivity index (χ4n) is 3.37. The first kappa shape index (κ1) is 10.3. The zero-order valence-electron chi connectivity index (χ0n) is 10.1. The van der Waals surface area contributed by atoms with Gasteiger partial charge in [0, 0.05) is 24.5 Å². The van der Waals surface area contributed by atoms with E-state index < -0.39 is 0 Å². The molecule has 2 saturated heterocycles. The summed E-state index contributed by atoms with van der Waals surface area (Å²) in [5, 5.41) is 12.2. The van der Waals surface area contributed by atoms with E-state index in [9.17, 15) is 0 Å². The Morgan fingerprint density at radius 3 is 2.56 bits per heavy atom. The van der Waals surface area contributed by atoms with E-state index in [2.05, 4.69) is 33.9 Å². The highest BCUT2D eigenvalue weighted by Crippen LogP contribution is 2.34. The molecular formula is C12H20N4. The van der Waals surface area contributed by atoms with Gasteiger partial charge < -0.3 is 9.88 Å². The van der Waals surface area contributed by atoms with Crippen molar-refractivity contribution in [2.45, 2.75) is 64.1 Å². The SMILES string of the molecule is CCc1nnc(C)n1C1CC2CCC(C1)N2. The van der Waals surface area contributed by atoms with E-state index in [1.54, 1.807) is 0 Å². The molecule has 4 heteroatoms. The molecule has 4 nitrogen and oxygen atoms in total. The summed E-state index contributed by atoms with van der Waals surface area (Å²) in [6.45, 7) is 4.24. The number of hydrogen-bond acceptors (Lipinski definition) is 3. The van der Waals surface area contributed by atoms with Gasteiger partial charge in [-0.2, -0.15) is 0 Å². The van der Waals surface area contributed by atoms with Crippen molar-refractivity contribution in [3.63, 3.8) is 0 Å². The van der Waals surface area contributed by atoms with Crippen LogP contribution in [0.5, 0.6) is 0 Å². The number of piperidine rings is 1.